The van der Waals surface area contributed by atoms with Gasteiger partial charge in [0.2, 0.25) is 0 Å². The van der Waals surface area contributed by atoms with E-state index in [1.807, 2.05) is 11.8 Å². The van der Waals surface area contributed by atoms with Crippen molar-refractivity contribution in [2.45, 2.75) is 25.8 Å². The molecule has 5 heteroatoms. The molecule has 4 nitrogen and oxygen atoms in total. The fraction of sp³-hybridized carbons (Fsp3) is 0.562. The molecule has 21 heavy (non-hydrogen) atoms. The normalized spacial score (nSPS) is 22.8. The molecule has 1 atom stereocenters. The maximum absolute atomic E-state index is 5.39. The Morgan fingerprint density at radius 1 is 1.29 bits per heavy atom. The fourth-order valence-electron chi connectivity index (χ4n) is 2.62. The minimum absolute atomic E-state index is 0.487. The molecule has 0 amide bonds. The van der Waals surface area contributed by atoms with Crippen LogP contribution in [0.4, 0.5) is 11.4 Å². The smallest absolute Gasteiger partial charge is 0.161 e. The second-order valence-electron chi connectivity index (χ2n) is 5.40. The Hall–Kier alpha value is -1.20. The molecule has 114 valence electrons. The van der Waals surface area contributed by atoms with Crippen LogP contribution in [-0.2, 0) is 4.74 Å². The molecule has 1 fully saturated rings. The van der Waals surface area contributed by atoms with Crippen LogP contribution in [0.15, 0.2) is 29.3 Å². The van der Waals surface area contributed by atoms with Gasteiger partial charge < -0.3 is 15.0 Å². The summed E-state index contributed by atoms with van der Waals surface area (Å²) in [6, 6.07) is 9.13. The lowest BCUT2D eigenvalue weighted by Crippen LogP contribution is -2.36. The summed E-state index contributed by atoms with van der Waals surface area (Å²) in [5.74, 6) is 1.16. The number of amidine groups is 1. The van der Waals surface area contributed by atoms with Crippen molar-refractivity contribution in [3.63, 3.8) is 0 Å². The van der Waals surface area contributed by atoms with Gasteiger partial charge in [0.15, 0.2) is 5.17 Å². The number of nitrogens with one attached hydrogen (secondary N) is 1. The fourth-order valence-corrected chi connectivity index (χ4v) is 3.62. The Morgan fingerprint density at radius 2 is 2.05 bits per heavy atom. The van der Waals surface area contributed by atoms with Gasteiger partial charge in [-0.05, 0) is 37.1 Å². The quantitative estimate of drug-likeness (QED) is 0.930. The molecule has 1 N–H and O–H groups in total. The Bertz CT molecular complexity index is 483. The Kier molecular flexibility index (Phi) is 5.04. The number of hydrogen-bond donors (Lipinski definition) is 1. The molecule has 0 radical (unpaired) electrons. The van der Waals surface area contributed by atoms with Gasteiger partial charge in [-0.25, -0.2) is 0 Å². The molecule has 3 rings (SSSR count). The average Bonchev–Trinajstić information content (AvgIpc) is 2.56. The highest BCUT2D eigenvalue weighted by molar-refractivity contribution is 8.14. The Morgan fingerprint density at radius 3 is 2.76 bits per heavy atom. The minimum Gasteiger partial charge on any atom is -0.378 e. The SMILES string of the molecule is CCC1CCSC(Nc2ccc(N3CCOCC3)cc2)=N1. The van der Waals surface area contributed by atoms with Gasteiger partial charge in [-0.1, -0.05) is 18.7 Å². The van der Waals surface area contributed by atoms with E-state index in [1.54, 1.807) is 0 Å². The van der Waals surface area contributed by atoms with Crippen molar-refractivity contribution < 1.29 is 4.74 Å². The van der Waals surface area contributed by atoms with Gasteiger partial charge in [0.05, 0.1) is 19.3 Å². The molecule has 1 saturated heterocycles. The monoisotopic (exact) mass is 305 g/mol. The topological polar surface area (TPSA) is 36.9 Å². The zero-order valence-corrected chi connectivity index (χ0v) is 13.4. The number of thioether (sulfide) groups is 1. The van der Waals surface area contributed by atoms with Crippen molar-refractivity contribution in [1.82, 2.24) is 0 Å². The standard InChI is InChI=1S/C16H23N3OS/c1-2-13-7-12-21-16(17-13)18-14-3-5-15(6-4-14)19-8-10-20-11-9-19/h3-6,13H,2,7-12H2,1H3,(H,17,18). The van der Waals surface area contributed by atoms with Crippen molar-refractivity contribution in [1.29, 1.82) is 0 Å². The van der Waals surface area contributed by atoms with Crippen LogP contribution in [0.1, 0.15) is 19.8 Å². The molecule has 2 aliphatic rings. The van der Waals surface area contributed by atoms with Crippen LogP contribution >= 0.6 is 11.8 Å². The van der Waals surface area contributed by atoms with Gasteiger partial charge in [-0.2, -0.15) is 0 Å². The summed E-state index contributed by atoms with van der Waals surface area (Å²) in [6.07, 6.45) is 2.32. The highest BCUT2D eigenvalue weighted by Gasteiger charge is 2.14. The zero-order valence-electron chi connectivity index (χ0n) is 12.5. The molecule has 1 aromatic rings. The summed E-state index contributed by atoms with van der Waals surface area (Å²) in [5.41, 5.74) is 2.39. The summed E-state index contributed by atoms with van der Waals surface area (Å²) in [7, 11) is 0. The van der Waals surface area contributed by atoms with Gasteiger partial charge in [-0.3, -0.25) is 4.99 Å². The first-order valence-corrected chi connectivity index (χ1v) is 8.74. The highest BCUT2D eigenvalue weighted by atomic mass is 32.2. The number of aliphatic imine (C=N–C) groups is 1. The first-order valence-electron chi connectivity index (χ1n) is 7.75. The van der Waals surface area contributed by atoms with Crippen molar-refractivity contribution in [2.75, 3.05) is 42.3 Å². The largest absolute Gasteiger partial charge is 0.378 e. The maximum Gasteiger partial charge on any atom is 0.161 e. The minimum atomic E-state index is 0.487. The van der Waals surface area contributed by atoms with Gasteiger partial charge >= 0.3 is 0 Å². The molecule has 2 heterocycles. The molecule has 0 aliphatic carbocycles. The van der Waals surface area contributed by atoms with Crippen LogP contribution in [0.2, 0.25) is 0 Å². The first kappa shape index (κ1) is 14.7. The summed E-state index contributed by atoms with van der Waals surface area (Å²) >= 11 is 1.82. The lowest BCUT2D eigenvalue weighted by atomic mass is 10.2. The summed E-state index contributed by atoms with van der Waals surface area (Å²) in [4.78, 5) is 7.12. The predicted octanol–water partition coefficient (Wildman–Crippen LogP) is 3.21. The summed E-state index contributed by atoms with van der Waals surface area (Å²) in [6.45, 7) is 5.82. The third-order valence-electron chi connectivity index (χ3n) is 3.96. The molecule has 0 spiro atoms. The van der Waals surface area contributed by atoms with E-state index in [1.165, 1.54) is 12.1 Å². The molecular weight excluding hydrogens is 282 g/mol. The van der Waals surface area contributed by atoms with Gasteiger partial charge in [-0.15, -0.1) is 0 Å². The number of benzene rings is 1. The molecular formula is C16H23N3OS. The maximum atomic E-state index is 5.39. The average molecular weight is 305 g/mol. The van der Waals surface area contributed by atoms with E-state index in [9.17, 15) is 0 Å². The van der Waals surface area contributed by atoms with Crippen molar-refractivity contribution in [2.24, 2.45) is 4.99 Å². The van der Waals surface area contributed by atoms with Gasteiger partial charge in [0, 0.05) is 30.2 Å². The van der Waals surface area contributed by atoms with E-state index in [2.05, 4.69) is 41.4 Å². The second kappa shape index (κ2) is 7.18. The van der Waals surface area contributed by atoms with Gasteiger partial charge in [0.25, 0.3) is 0 Å². The van der Waals surface area contributed by atoms with Crippen LogP contribution in [0, 0.1) is 0 Å². The van der Waals surface area contributed by atoms with Crippen molar-refractivity contribution >= 4 is 28.3 Å². The van der Waals surface area contributed by atoms with Crippen LogP contribution in [0.5, 0.6) is 0 Å². The first-order chi connectivity index (χ1) is 10.3. The van der Waals surface area contributed by atoms with E-state index in [0.29, 0.717) is 6.04 Å². The Labute approximate surface area is 131 Å². The van der Waals surface area contributed by atoms with E-state index in [4.69, 9.17) is 9.73 Å². The number of hydrogen-bond acceptors (Lipinski definition) is 5. The molecule has 1 aromatic carbocycles. The van der Waals surface area contributed by atoms with Gasteiger partial charge in [0.1, 0.15) is 0 Å². The molecule has 2 aliphatic heterocycles. The van der Waals surface area contributed by atoms with Crippen molar-refractivity contribution in [3.8, 4) is 0 Å². The third kappa shape index (κ3) is 3.92. The molecule has 0 bridgehead atoms. The second-order valence-corrected chi connectivity index (χ2v) is 6.49. The number of morpholine rings is 1. The van der Waals surface area contributed by atoms with E-state index >= 15 is 0 Å². The predicted molar refractivity (Wildman–Crippen MR) is 91.7 cm³/mol. The zero-order chi connectivity index (χ0) is 14.5. The van der Waals surface area contributed by atoms with Crippen LogP contribution in [0.25, 0.3) is 0 Å². The Balaban J connectivity index is 1.62. The lowest BCUT2D eigenvalue weighted by Gasteiger charge is -2.29. The van der Waals surface area contributed by atoms with Crippen LogP contribution in [-0.4, -0.2) is 43.3 Å². The number of rotatable bonds is 3. The number of ether oxygens (including phenoxy) is 1. The van der Waals surface area contributed by atoms with Crippen LogP contribution in [0.3, 0.4) is 0 Å². The van der Waals surface area contributed by atoms with E-state index < -0.39 is 0 Å². The van der Waals surface area contributed by atoms with Crippen molar-refractivity contribution in [3.05, 3.63) is 24.3 Å². The van der Waals surface area contributed by atoms with E-state index in [0.717, 1.165) is 49.3 Å². The summed E-state index contributed by atoms with van der Waals surface area (Å²) in [5, 5.41) is 4.51. The number of anilines is 2. The summed E-state index contributed by atoms with van der Waals surface area (Å²) < 4.78 is 5.39. The highest BCUT2D eigenvalue weighted by Crippen LogP contribution is 2.23. The lowest BCUT2D eigenvalue weighted by molar-refractivity contribution is 0.122. The molecule has 0 saturated carbocycles. The molecule has 0 aromatic heterocycles. The number of nitrogens with zero attached hydrogens (tertiary/aromatic N) is 2. The van der Waals surface area contributed by atoms with Crippen LogP contribution < -0.4 is 10.2 Å². The third-order valence-corrected chi connectivity index (χ3v) is 4.88. The molecule has 1 unspecified atom stereocenters. The van der Waals surface area contributed by atoms with E-state index in [-0.39, 0.29) is 0 Å².